The van der Waals surface area contributed by atoms with Crippen LogP contribution >= 0.6 is 0 Å². The van der Waals surface area contributed by atoms with Crippen LogP contribution in [0.25, 0.3) is 5.69 Å². The average Bonchev–Trinajstić information content (AvgIpc) is 3.10. The molecule has 1 atom stereocenters. The molecule has 1 saturated heterocycles. The largest absolute Gasteiger partial charge is 0.435 e. The highest BCUT2D eigenvalue weighted by atomic mass is 19.4. The number of alkyl halides is 3. The van der Waals surface area contributed by atoms with Crippen LogP contribution in [0.3, 0.4) is 0 Å². The fourth-order valence-electron chi connectivity index (χ4n) is 3.89. The Morgan fingerprint density at radius 3 is 2.56 bits per heavy atom. The Bertz CT molecular complexity index is 822. The van der Waals surface area contributed by atoms with Crippen molar-refractivity contribution in [3.8, 4) is 5.69 Å². The number of carbonyl (C=O) groups is 1. The number of hydrogen-bond acceptors (Lipinski definition) is 3. The van der Waals surface area contributed by atoms with Crippen molar-refractivity contribution >= 4 is 5.91 Å². The Morgan fingerprint density at radius 1 is 1.22 bits per heavy atom. The van der Waals surface area contributed by atoms with E-state index in [1.54, 1.807) is 24.3 Å². The lowest BCUT2D eigenvalue weighted by molar-refractivity contribution is -0.141. The summed E-state index contributed by atoms with van der Waals surface area (Å²) in [5, 5.41) is 9.86. The van der Waals surface area contributed by atoms with Gasteiger partial charge in [-0.2, -0.15) is 18.3 Å². The first-order valence-corrected chi connectivity index (χ1v) is 9.08. The molecule has 1 aromatic carbocycles. The number of nitrogens with zero attached hydrogens (tertiary/aromatic N) is 2. The number of halogens is 3. The first-order valence-electron chi connectivity index (χ1n) is 9.08. The molecule has 1 saturated carbocycles. The maximum Gasteiger partial charge on any atom is 0.435 e. The van der Waals surface area contributed by atoms with E-state index in [9.17, 15) is 18.0 Å². The molecule has 1 aliphatic heterocycles. The van der Waals surface area contributed by atoms with Crippen LogP contribution < -0.4 is 10.6 Å². The predicted octanol–water partition coefficient (Wildman–Crippen LogP) is 2.90. The smallest absolute Gasteiger partial charge is 0.352 e. The van der Waals surface area contributed by atoms with Crippen LogP contribution in [0.1, 0.15) is 30.5 Å². The van der Waals surface area contributed by atoms with E-state index in [-0.39, 0.29) is 17.2 Å². The standard InChI is InChI=1S/C19H21F3N4O/c20-19(21,22)16-5-10-26(25-16)14-3-1-13(2-4-14)12-24-17(27)15-11-18(15)6-8-23-9-7-18/h1-5,10,15,23H,6-9,11-12H2,(H,24,27). The quantitative estimate of drug-likeness (QED) is 0.860. The molecule has 2 fully saturated rings. The molecular formula is C19H21F3N4O. The van der Waals surface area contributed by atoms with Gasteiger partial charge in [0.15, 0.2) is 5.69 Å². The van der Waals surface area contributed by atoms with Crippen LogP contribution in [0.2, 0.25) is 0 Å². The van der Waals surface area contributed by atoms with Crippen molar-refractivity contribution in [2.75, 3.05) is 13.1 Å². The summed E-state index contributed by atoms with van der Waals surface area (Å²) in [5.41, 5.74) is 0.719. The SMILES string of the molecule is O=C(NCc1ccc(-n2ccc(C(F)(F)F)n2)cc1)C1CC12CCNCC2. The number of hydrogen-bond donors (Lipinski definition) is 2. The minimum Gasteiger partial charge on any atom is -0.352 e. The van der Waals surface area contributed by atoms with E-state index in [1.807, 2.05) is 0 Å². The number of benzene rings is 1. The summed E-state index contributed by atoms with van der Waals surface area (Å²) in [6.45, 7) is 2.38. The van der Waals surface area contributed by atoms with Crippen molar-refractivity contribution in [3.63, 3.8) is 0 Å². The molecule has 0 bridgehead atoms. The second-order valence-corrected chi connectivity index (χ2v) is 7.40. The second-order valence-electron chi connectivity index (χ2n) is 7.40. The number of amides is 1. The molecule has 1 aromatic heterocycles. The Hall–Kier alpha value is -2.35. The van der Waals surface area contributed by atoms with E-state index in [4.69, 9.17) is 0 Å². The number of piperidine rings is 1. The summed E-state index contributed by atoms with van der Waals surface area (Å²) in [6.07, 6.45) is -0.0807. The summed E-state index contributed by atoms with van der Waals surface area (Å²) in [4.78, 5) is 12.4. The molecule has 4 rings (SSSR count). The van der Waals surface area contributed by atoms with Gasteiger partial charge in [-0.05, 0) is 61.5 Å². The van der Waals surface area contributed by atoms with Gasteiger partial charge in [0.05, 0.1) is 5.69 Å². The fourth-order valence-corrected chi connectivity index (χ4v) is 3.89. The van der Waals surface area contributed by atoms with Crippen LogP contribution in [0, 0.1) is 11.3 Å². The first kappa shape index (κ1) is 18.0. The molecule has 1 aliphatic carbocycles. The predicted molar refractivity (Wildman–Crippen MR) is 93.1 cm³/mol. The van der Waals surface area contributed by atoms with E-state index in [2.05, 4.69) is 15.7 Å². The zero-order valence-electron chi connectivity index (χ0n) is 14.7. The van der Waals surface area contributed by atoms with E-state index in [1.165, 1.54) is 10.9 Å². The third-order valence-corrected chi connectivity index (χ3v) is 5.65. The lowest BCUT2D eigenvalue weighted by atomic mass is 9.92. The molecule has 1 spiro atoms. The molecule has 2 N–H and O–H groups in total. The molecule has 5 nitrogen and oxygen atoms in total. The first-order chi connectivity index (χ1) is 12.9. The molecule has 1 amide bonds. The van der Waals surface area contributed by atoms with Crippen LogP contribution in [-0.4, -0.2) is 28.8 Å². The molecule has 8 heteroatoms. The molecule has 27 heavy (non-hydrogen) atoms. The Kier molecular flexibility index (Phi) is 4.46. The number of aromatic nitrogens is 2. The minimum absolute atomic E-state index is 0.0999. The van der Waals surface area contributed by atoms with E-state index < -0.39 is 11.9 Å². The Labute approximate surface area is 154 Å². The third kappa shape index (κ3) is 3.71. The molecular weight excluding hydrogens is 357 g/mol. The summed E-state index contributed by atoms with van der Waals surface area (Å²) >= 11 is 0. The van der Waals surface area contributed by atoms with Crippen molar-refractivity contribution in [1.82, 2.24) is 20.4 Å². The van der Waals surface area contributed by atoms with Gasteiger partial charge in [0.2, 0.25) is 5.91 Å². The van der Waals surface area contributed by atoms with Crippen molar-refractivity contribution in [3.05, 3.63) is 47.8 Å². The van der Waals surface area contributed by atoms with Crippen molar-refractivity contribution in [2.24, 2.45) is 11.3 Å². The van der Waals surface area contributed by atoms with Gasteiger partial charge >= 0.3 is 6.18 Å². The summed E-state index contributed by atoms with van der Waals surface area (Å²) < 4.78 is 39.1. The molecule has 2 aromatic rings. The van der Waals surface area contributed by atoms with Gasteiger partial charge < -0.3 is 10.6 Å². The van der Waals surface area contributed by atoms with E-state index >= 15 is 0 Å². The van der Waals surface area contributed by atoms with Gasteiger partial charge in [-0.15, -0.1) is 0 Å². The molecule has 144 valence electrons. The molecule has 0 radical (unpaired) electrons. The van der Waals surface area contributed by atoms with Crippen LogP contribution in [-0.2, 0) is 17.5 Å². The van der Waals surface area contributed by atoms with Gasteiger partial charge in [0, 0.05) is 18.7 Å². The monoisotopic (exact) mass is 378 g/mol. The number of carbonyl (C=O) groups excluding carboxylic acids is 1. The van der Waals surface area contributed by atoms with Crippen molar-refractivity contribution < 1.29 is 18.0 Å². The fraction of sp³-hybridized carbons (Fsp3) is 0.474. The highest BCUT2D eigenvalue weighted by Gasteiger charge is 2.57. The zero-order chi connectivity index (χ0) is 19.1. The van der Waals surface area contributed by atoms with Crippen LogP contribution in [0.4, 0.5) is 13.2 Å². The highest BCUT2D eigenvalue weighted by molar-refractivity contribution is 5.82. The normalized spacial score (nSPS) is 21.2. The van der Waals surface area contributed by atoms with Crippen LogP contribution in [0.15, 0.2) is 36.5 Å². The van der Waals surface area contributed by atoms with Gasteiger partial charge in [0.25, 0.3) is 0 Å². The second kappa shape index (κ2) is 6.67. The number of nitrogens with one attached hydrogen (secondary N) is 2. The maximum atomic E-state index is 12.6. The third-order valence-electron chi connectivity index (χ3n) is 5.65. The maximum absolute atomic E-state index is 12.6. The van der Waals surface area contributed by atoms with Gasteiger partial charge in [-0.3, -0.25) is 4.79 Å². The number of rotatable bonds is 4. The topological polar surface area (TPSA) is 59.0 Å². The highest BCUT2D eigenvalue weighted by Crippen LogP contribution is 2.58. The summed E-state index contributed by atoms with van der Waals surface area (Å²) in [6, 6.07) is 7.91. The Balaban J connectivity index is 1.33. The van der Waals surface area contributed by atoms with Gasteiger partial charge in [-0.25, -0.2) is 4.68 Å². The molecule has 2 aliphatic rings. The zero-order valence-corrected chi connectivity index (χ0v) is 14.7. The van der Waals surface area contributed by atoms with Gasteiger partial charge in [-0.1, -0.05) is 12.1 Å². The van der Waals surface area contributed by atoms with Crippen molar-refractivity contribution in [2.45, 2.75) is 32.0 Å². The van der Waals surface area contributed by atoms with Crippen LogP contribution in [0.5, 0.6) is 0 Å². The van der Waals surface area contributed by atoms with Crippen molar-refractivity contribution in [1.29, 1.82) is 0 Å². The average molecular weight is 378 g/mol. The minimum atomic E-state index is -4.45. The Morgan fingerprint density at radius 2 is 1.93 bits per heavy atom. The van der Waals surface area contributed by atoms with E-state index in [0.29, 0.717) is 12.2 Å². The van der Waals surface area contributed by atoms with E-state index in [0.717, 1.165) is 44.0 Å². The lowest BCUT2D eigenvalue weighted by Crippen LogP contribution is -2.33. The van der Waals surface area contributed by atoms with Gasteiger partial charge in [0.1, 0.15) is 0 Å². The lowest BCUT2D eigenvalue weighted by Gasteiger charge is -2.23. The molecule has 2 heterocycles. The summed E-state index contributed by atoms with van der Waals surface area (Å²) in [5.74, 6) is 0.214. The molecule has 1 unspecified atom stereocenters. The summed E-state index contributed by atoms with van der Waals surface area (Å²) in [7, 11) is 0.